The topological polar surface area (TPSA) is 90.7 Å². The zero-order valence-corrected chi connectivity index (χ0v) is 11.2. The number of aliphatic imine (C=N–C) groups is 1. The summed E-state index contributed by atoms with van der Waals surface area (Å²) in [5.41, 5.74) is 7.30. The third-order valence-corrected chi connectivity index (χ3v) is 2.67. The van der Waals surface area contributed by atoms with Crippen LogP contribution in [0.25, 0.3) is 11.1 Å². The van der Waals surface area contributed by atoms with Gasteiger partial charge in [-0.2, -0.15) is 0 Å². The van der Waals surface area contributed by atoms with Crippen LogP contribution in [0.5, 0.6) is 0 Å². The lowest BCUT2D eigenvalue weighted by Gasteiger charge is -2.02. The number of fused-ring (bicyclic) bond motifs is 1. The number of hydrogen-bond donors (Lipinski definition) is 1. The maximum atomic E-state index is 11.6. The number of hydrogen-bond acceptors (Lipinski definition) is 5. The Kier molecular flexibility index (Phi) is 3.71. The molecule has 0 amide bonds. The normalized spacial score (nSPS) is 11.8. The Balaban J connectivity index is 2.67. The second-order valence-corrected chi connectivity index (χ2v) is 4.07. The molecule has 0 aliphatic heterocycles. The van der Waals surface area contributed by atoms with E-state index >= 15 is 0 Å². The van der Waals surface area contributed by atoms with Gasteiger partial charge in [0.1, 0.15) is 17.0 Å². The van der Waals surface area contributed by atoms with Crippen molar-refractivity contribution in [3.8, 4) is 0 Å². The van der Waals surface area contributed by atoms with Crippen LogP contribution in [0.2, 0.25) is 0 Å². The minimum atomic E-state index is -0.483. The predicted molar refractivity (Wildman–Crippen MR) is 72.1 cm³/mol. The molecule has 1 aromatic heterocycles. The number of halogens is 1. The molecule has 0 saturated carbocycles. The lowest BCUT2D eigenvalue weighted by atomic mass is 10.2. The molecule has 100 valence electrons. The van der Waals surface area contributed by atoms with Gasteiger partial charge in [-0.3, -0.25) is 0 Å². The van der Waals surface area contributed by atoms with E-state index in [-0.39, 0.29) is 11.7 Å². The number of alkyl halides is 1. The number of aryl methyl sites for hydroxylation is 1. The highest BCUT2D eigenvalue weighted by atomic mass is 35.5. The summed E-state index contributed by atoms with van der Waals surface area (Å²) < 4.78 is 10.1. The van der Waals surface area contributed by atoms with E-state index in [4.69, 9.17) is 21.8 Å². The fourth-order valence-corrected chi connectivity index (χ4v) is 1.69. The number of esters is 1. The highest BCUT2D eigenvalue weighted by Gasteiger charge is 2.14. The third kappa shape index (κ3) is 2.68. The average Bonchev–Trinajstić information content (AvgIpc) is 2.78. The summed E-state index contributed by atoms with van der Waals surface area (Å²) in [4.78, 5) is 19.9. The third-order valence-electron chi connectivity index (χ3n) is 2.40. The second-order valence-electron chi connectivity index (χ2n) is 3.80. The van der Waals surface area contributed by atoms with Crippen molar-refractivity contribution in [2.75, 3.05) is 13.0 Å². The zero-order chi connectivity index (χ0) is 14.0. The van der Waals surface area contributed by atoms with Crippen LogP contribution in [0.3, 0.4) is 0 Å². The number of oxazole rings is 1. The van der Waals surface area contributed by atoms with E-state index in [0.717, 1.165) is 0 Å². The molecule has 2 rings (SSSR count). The molecule has 0 aliphatic rings. The van der Waals surface area contributed by atoms with Crippen molar-refractivity contribution in [1.29, 1.82) is 0 Å². The summed E-state index contributed by atoms with van der Waals surface area (Å²) in [7, 11) is 1.30. The van der Waals surface area contributed by atoms with Gasteiger partial charge < -0.3 is 14.9 Å². The first-order valence-electron chi connectivity index (χ1n) is 5.43. The van der Waals surface area contributed by atoms with Crippen LogP contribution in [0.1, 0.15) is 16.2 Å². The highest BCUT2D eigenvalue weighted by molar-refractivity contribution is 6.28. The van der Waals surface area contributed by atoms with Gasteiger partial charge in [0.2, 0.25) is 0 Å². The van der Waals surface area contributed by atoms with Crippen molar-refractivity contribution in [3.63, 3.8) is 0 Å². The molecule has 0 spiro atoms. The summed E-state index contributed by atoms with van der Waals surface area (Å²) in [6.07, 6.45) is 0. The zero-order valence-electron chi connectivity index (χ0n) is 10.4. The van der Waals surface area contributed by atoms with Crippen molar-refractivity contribution in [1.82, 2.24) is 4.98 Å². The van der Waals surface area contributed by atoms with Crippen molar-refractivity contribution >= 4 is 40.2 Å². The summed E-state index contributed by atoms with van der Waals surface area (Å²) in [6.45, 7) is 1.70. The first-order valence-corrected chi connectivity index (χ1v) is 5.97. The fourth-order valence-electron chi connectivity index (χ4n) is 1.63. The molecule has 6 nitrogen and oxygen atoms in total. The van der Waals surface area contributed by atoms with E-state index in [1.165, 1.54) is 13.2 Å². The lowest BCUT2D eigenvalue weighted by Crippen LogP contribution is -2.12. The van der Waals surface area contributed by atoms with Gasteiger partial charge in [0.25, 0.3) is 0 Å². The molecule has 0 bridgehead atoms. The van der Waals surface area contributed by atoms with Gasteiger partial charge >= 0.3 is 5.97 Å². The van der Waals surface area contributed by atoms with Gasteiger partial charge in [-0.05, 0) is 12.1 Å². The fraction of sp³-hybridized carbons (Fsp3) is 0.250. The SMILES string of the molecule is COC(=O)c1cc(N=C(N)CCl)c2oc(C)nc2c1. The molecule has 0 saturated heterocycles. The Bertz CT molecular complexity index is 664. The van der Waals surface area contributed by atoms with E-state index in [1.54, 1.807) is 13.0 Å². The molecule has 0 radical (unpaired) electrons. The first kappa shape index (κ1) is 13.4. The lowest BCUT2D eigenvalue weighted by molar-refractivity contribution is 0.0601. The van der Waals surface area contributed by atoms with Gasteiger partial charge in [-0.25, -0.2) is 14.8 Å². The summed E-state index contributed by atoms with van der Waals surface area (Å²) >= 11 is 5.59. The Morgan fingerprint density at radius 2 is 2.32 bits per heavy atom. The van der Waals surface area contributed by atoms with Gasteiger partial charge in [0.15, 0.2) is 11.5 Å². The molecule has 2 aromatic rings. The first-order chi connectivity index (χ1) is 9.05. The molecule has 0 aliphatic carbocycles. The minimum Gasteiger partial charge on any atom is -0.465 e. The van der Waals surface area contributed by atoms with Gasteiger partial charge in [0, 0.05) is 6.92 Å². The maximum Gasteiger partial charge on any atom is 0.338 e. The number of carbonyl (C=O) groups excluding carboxylic acids is 1. The second kappa shape index (κ2) is 5.27. The number of aromatic nitrogens is 1. The van der Waals surface area contributed by atoms with Gasteiger partial charge in [-0.1, -0.05) is 0 Å². The van der Waals surface area contributed by atoms with Crippen molar-refractivity contribution in [2.24, 2.45) is 10.7 Å². The number of ether oxygens (including phenoxy) is 1. The van der Waals surface area contributed by atoms with Crippen LogP contribution < -0.4 is 5.73 Å². The number of nitrogens with two attached hydrogens (primary N) is 1. The standard InChI is InChI=1S/C12H12ClN3O3/c1-6-15-8-3-7(12(17)18-2)4-9(11(8)19-6)16-10(14)5-13/h3-4H,5H2,1-2H3,(H2,14,16). The molecular weight excluding hydrogens is 270 g/mol. The van der Waals surface area contributed by atoms with Crippen molar-refractivity contribution < 1.29 is 13.9 Å². The van der Waals surface area contributed by atoms with Crippen LogP contribution in [-0.2, 0) is 4.74 Å². The predicted octanol–water partition coefficient (Wildman–Crippen LogP) is 2.15. The van der Waals surface area contributed by atoms with Crippen LogP contribution in [-0.4, -0.2) is 29.8 Å². The van der Waals surface area contributed by atoms with Crippen LogP contribution in [0.4, 0.5) is 5.69 Å². The van der Waals surface area contributed by atoms with Crippen LogP contribution in [0.15, 0.2) is 21.5 Å². The molecular formula is C12H12ClN3O3. The van der Waals surface area contributed by atoms with Crippen LogP contribution in [0, 0.1) is 6.92 Å². The highest BCUT2D eigenvalue weighted by Crippen LogP contribution is 2.29. The Morgan fingerprint density at radius 3 is 2.95 bits per heavy atom. The molecule has 7 heteroatoms. The number of rotatable bonds is 3. The largest absolute Gasteiger partial charge is 0.465 e. The minimum absolute atomic E-state index is 0.0804. The van der Waals surface area contributed by atoms with Crippen molar-refractivity contribution in [2.45, 2.75) is 6.92 Å². The smallest absolute Gasteiger partial charge is 0.338 e. The van der Waals surface area contributed by atoms with Gasteiger partial charge in [-0.15, -0.1) is 11.6 Å². The Labute approximate surface area is 114 Å². The van der Waals surface area contributed by atoms with E-state index in [1.807, 2.05) is 0 Å². The number of benzene rings is 1. The van der Waals surface area contributed by atoms with Crippen LogP contribution >= 0.6 is 11.6 Å². The van der Waals surface area contributed by atoms with Gasteiger partial charge in [0.05, 0.1) is 18.6 Å². The number of nitrogens with zero attached hydrogens (tertiary/aromatic N) is 2. The van der Waals surface area contributed by atoms with Crippen molar-refractivity contribution in [3.05, 3.63) is 23.6 Å². The Hall–Kier alpha value is -2.08. The monoisotopic (exact) mass is 281 g/mol. The maximum absolute atomic E-state index is 11.6. The number of carbonyl (C=O) groups is 1. The number of methoxy groups -OCH3 is 1. The van der Waals surface area contributed by atoms with E-state index < -0.39 is 5.97 Å². The van der Waals surface area contributed by atoms with E-state index in [0.29, 0.717) is 28.2 Å². The molecule has 2 N–H and O–H groups in total. The summed E-state index contributed by atoms with van der Waals surface area (Å²) in [6, 6.07) is 3.10. The summed E-state index contributed by atoms with van der Waals surface area (Å²) in [5, 5.41) is 0. The quantitative estimate of drug-likeness (QED) is 0.403. The summed E-state index contributed by atoms with van der Waals surface area (Å²) in [5.74, 6) is 0.289. The Morgan fingerprint density at radius 1 is 1.58 bits per heavy atom. The number of amidine groups is 1. The molecule has 0 atom stereocenters. The molecule has 1 aromatic carbocycles. The average molecular weight is 282 g/mol. The molecule has 0 fully saturated rings. The van der Waals surface area contributed by atoms with E-state index in [9.17, 15) is 4.79 Å². The molecule has 1 heterocycles. The molecule has 19 heavy (non-hydrogen) atoms. The van der Waals surface area contributed by atoms with E-state index in [2.05, 4.69) is 14.7 Å². The molecule has 0 unspecified atom stereocenters.